The smallest absolute Gasteiger partial charge is 0.399 e. The van der Waals surface area contributed by atoms with Crippen LogP contribution in [-0.4, -0.2) is 39.6 Å². The van der Waals surface area contributed by atoms with Crippen molar-refractivity contribution in [2.24, 2.45) is 5.92 Å². The number of carbonyl (C=O) groups is 1. The van der Waals surface area contributed by atoms with E-state index in [9.17, 15) is 4.79 Å². The van der Waals surface area contributed by atoms with Gasteiger partial charge in [0.1, 0.15) is 5.69 Å². The van der Waals surface area contributed by atoms with Crippen LogP contribution in [0.25, 0.3) is 0 Å². The first-order chi connectivity index (χ1) is 12.2. The Bertz CT molecular complexity index is 663. The first-order valence-electron chi connectivity index (χ1n) is 9.76. The van der Waals surface area contributed by atoms with Crippen LogP contribution in [0.1, 0.15) is 70.3 Å². The number of hydrogen-bond acceptors (Lipinski definition) is 5. The number of pyridine rings is 1. The molecule has 2 unspecified atom stereocenters. The first kappa shape index (κ1) is 18.5. The molecule has 4 nitrogen and oxygen atoms in total. The van der Waals surface area contributed by atoms with Crippen LogP contribution in [0.5, 0.6) is 0 Å². The van der Waals surface area contributed by atoms with Crippen molar-refractivity contribution in [3.05, 3.63) is 24.0 Å². The topological polar surface area (TPSA) is 48.4 Å². The Kier molecular flexibility index (Phi) is 4.73. The maximum absolute atomic E-state index is 12.9. The molecule has 3 fully saturated rings. The predicted octanol–water partition coefficient (Wildman–Crippen LogP) is 3.63. The molecule has 0 radical (unpaired) electrons. The van der Waals surface area contributed by atoms with E-state index in [4.69, 9.17) is 9.31 Å². The van der Waals surface area contributed by atoms with Crippen molar-refractivity contribution in [1.82, 2.24) is 4.98 Å². The monoisotopic (exact) mass is 373 g/mol. The van der Waals surface area contributed by atoms with E-state index in [2.05, 4.69) is 16.7 Å². The minimum Gasteiger partial charge on any atom is -0.399 e. The first-order valence-corrected chi connectivity index (χ1v) is 10.7. The highest BCUT2D eigenvalue weighted by Gasteiger charge is 2.51. The predicted molar refractivity (Wildman–Crippen MR) is 106 cm³/mol. The van der Waals surface area contributed by atoms with Crippen LogP contribution >= 0.6 is 11.8 Å². The van der Waals surface area contributed by atoms with E-state index in [1.165, 1.54) is 19.3 Å². The third-order valence-corrected chi connectivity index (χ3v) is 8.09. The molecule has 3 aliphatic heterocycles. The molecule has 140 valence electrons. The van der Waals surface area contributed by atoms with Crippen molar-refractivity contribution in [3.8, 4) is 0 Å². The lowest BCUT2D eigenvalue weighted by molar-refractivity contribution is 0.00578. The van der Waals surface area contributed by atoms with Gasteiger partial charge >= 0.3 is 7.12 Å². The van der Waals surface area contributed by atoms with Gasteiger partial charge in [-0.2, -0.15) is 11.8 Å². The number of hydrogen-bond donors (Lipinski definition) is 0. The molecule has 0 aromatic carbocycles. The summed E-state index contributed by atoms with van der Waals surface area (Å²) in [6, 6.07) is 3.78. The van der Waals surface area contributed by atoms with E-state index >= 15 is 0 Å². The van der Waals surface area contributed by atoms with Crippen LogP contribution in [0, 0.1) is 5.92 Å². The molecule has 3 aliphatic rings. The van der Waals surface area contributed by atoms with Crippen LogP contribution < -0.4 is 5.46 Å². The molecule has 26 heavy (non-hydrogen) atoms. The highest BCUT2D eigenvalue weighted by atomic mass is 32.2. The van der Waals surface area contributed by atoms with Gasteiger partial charge in [0, 0.05) is 28.1 Å². The standard InChI is InChI=1S/C20H28BNO3S/c1-19(2)20(3,4)25-21(24-19)14-8-9-17(22-12-14)18(23)13-10-15-6-5-7-16(11-13)26-15/h8-9,12-13,15-16H,5-7,10-11H2,1-4H3. The Morgan fingerprint density at radius 2 is 1.73 bits per heavy atom. The lowest BCUT2D eigenvalue weighted by atomic mass is 9.80. The highest BCUT2D eigenvalue weighted by molar-refractivity contribution is 8.00. The van der Waals surface area contributed by atoms with Gasteiger partial charge in [-0.15, -0.1) is 0 Å². The maximum Gasteiger partial charge on any atom is 0.496 e. The van der Waals surface area contributed by atoms with Gasteiger partial charge in [0.15, 0.2) is 5.78 Å². The normalized spacial score (nSPS) is 32.5. The second-order valence-corrected chi connectivity index (χ2v) is 10.5. The molecule has 1 aromatic rings. The summed E-state index contributed by atoms with van der Waals surface area (Å²) in [6.45, 7) is 8.15. The van der Waals surface area contributed by atoms with Crippen LogP contribution in [-0.2, 0) is 9.31 Å². The Balaban J connectivity index is 1.46. The van der Waals surface area contributed by atoms with Gasteiger partial charge in [-0.05, 0) is 59.4 Å². The quantitative estimate of drug-likeness (QED) is 0.598. The molecular formula is C20H28BNO3S. The van der Waals surface area contributed by atoms with Crippen molar-refractivity contribution in [2.75, 3.05) is 0 Å². The molecule has 1 aromatic heterocycles. The Morgan fingerprint density at radius 1 is 1.12 bits per heavy atom. The van der Waals surface area contributed by atoms with Crippen LogP contribution in [0.2, 0.25) is 0 Å². The second kappa shape index (κ2) is 6.64. The number of aromatic nitrogens is 1. The largest absolute Gasteiger partial charge is 0.496 e. The fourth-order valence-electron chi connectivity index (χ4n) is 4.15. The summed E-state index contributed by atoms with van der Waals surface area (Å²) in [5.41, 5.74) is 0.712. The molecule has 4 rings (SSSR count). The summed E-state index contributed by atoms with van der Waals surface area (Å²) < 4.78 is 12.1. The van der Waals surface area contributed by atoms with Gasteiger partial charge in [0.25, 0.3) is 0 Å². The van der Waals surface area contributed by atoms with Gasteiger partial charge in [0.05, 0.1) is 11.2 Å². The second-order valence-electron chi connectivity index (χ2n) is 8.91. The number of ketones is 1. The summed E-state index contributed by atoms with van der Waals surface area (Å²) in [7, 11) is -0.429. The molecule has 0 saturated carbocycles. The number of fused-ring (bicyclic) bond motifs is 2. The number of Topliss-reactive ketones (excluding diaryl/α,β-unsaturated/α-hetero) is 1. The third kappa shape index (κ3) is 3.36. The summed E-state index contributed by atoms with van der Waals surface area (Å²) >= 11 is 2.10. The molecule has 0 amide bonds. The van der Waals surface area contributed by atoms with E-state index in [1.807, 2.05) is 39.8 Å². The van der Waals surface area contributed by atoms with Gasteiger partial charge in [-0.3, -0.25) is 9.78 Å². The van der Waals surface area contributed by atoms with Gasteiger partial charge in [0.2, 0.25) is 0 Å². The number of thioether (sulfide) groups is 1. The lowest BCUT2D eigenvalue weighted by Gasteiger charge is -2.37. The lowest BCUT2D eigenvalue weighted by Crippen LogP contribution is -2.41. The average molecular weight is 373 g/mol. The van der Waals surface area contributed by atoms with Crippen molar-refractivity contribution in [3.63, 3.8) is 0 Å². The minimum absolute atomic E-state index is 0.141. The Labute approximate surface area is 161 Å². The molecule has 0 N–H and O–H groups in total. The van der Waals surface area contributed by atoms with E-state index in [0.717, 1.165) is 18.3 Å². The van der Waals surface area contributed by atoms with E-state index in [1.54, 1.807) is 6.20 Å². The number of rotatable bonds is 3. The molecule has 2 bridgehead atoms. The SMILES string of the molecule is CC1(C)OB(c2ccc(C(=O)C3CC4CCCC(C3)S4)nc2)OC1(C)C. The van der Waals surface area contributed by atoms with Crippen LogP contribution in [0.15, 0.2) is 18.3 Å². The van der Waals surface area contributed by atoms with Gasteiger partial charge in [-0.1, -0.05) is 12.5 Å². The van der Waals surface area contributed by atoms with E-state index < -0.39 is 7.12 Å². The molecule has 3 saturated heterocycles. The molecule has 4 heterocycles. The zero-order valence-corrected chi connectivity index (χ0v) is 17.0. The van der Waals surface area contributed by atoms with Gasteiger partial charge < -0.3 is 9.31 Å². The summed E-state index contributed by atoms with van der Waals surface area (Å²) in [6.07, 6.45) is 7.62. The summed E-state index contributed by atoms with van der Waals surface area (Å²) in [5.74, 6) is 0.351. The zero-order valence-electron chi connectivity index (χ0n) is 16.2. The van der Waals surface area contributed by atoms with Crippen molar-refractivity contribution >= 4 is 30.1 Å². The fourth-order valence-corrected chi connectivity index (χ4v) is 5.99. The molecule has 0 aliphatic carbocycles. The summed E-state index contributed by atoms with van der Waals surface area (Å²) in [4.78, 5) is 17.4. The number of nitrogens with zero attached hydrogens (tertiary/aromatic N) is 1. The molecule has 0 spiro atoms. The molecule has 2 atom stereocenters. The van der Waals surface area contributed by atoms with Crippen LogP contribution in [0.4, 0.5) is 0 Å². The fraction of sp³-hybridized carbons (Fsp3) is 0.700. The Morgan fingerprint density at radius 3 is 2.27 bits per heavy atom. The Hall–Kier alpha value is -0.845. The third-order valence-electron chi connectivity index (χ3n) is 6.47. The van der Waals surface area contributed by atoms with E-state index in [-0.39, 0.29) is 22.9 Å². The minimum atomic E-state index is -0.429. The van der Waals surface area contributed by atoms with Crippen molar-refractivity contribution in [2.45, 2.75) is 81.5 Å². The zero-order chi connectivity index (χ0) is 18.5. The highest BCUT2D eigenvalue weighted by Crippen LogP contribution is 2.44. The average Bonchev–Trinajstić information content (AvgIpc) is 2.82. The number of carbonyl (C=O) groups excluding carboxylic acids is 1. The molecular weight excluding hydrogens is 345 g/mol. The van der Waals surface area contributed by atoms with Gasteiger partial charge in [-0.25, -0.2) is 0 Å². The summed E-state index contributed by atoms with van der Waals surface area (Å²) in [5, 5.41) is 1.33. The van der Waals surface area contributed by atoms with Crippen LogP contribution in [0.3, 0.4) is 0 Å². The molecule has 6 heteroatoms. The van der Waals surface area contributed by atoms with Crippen molar-refractivity contribution < 1.29 is 14.1 Å². The van der Waals surface area contributed by atoms with Crippen molar-refractivity contribution in [1.29, 1.82) is 0 Å². The van der Waals surface area contributed by atoms with E-state index in [0.29, 0.717) is 16.2 Å². The maximum atomic E-state index is 12.9.